The van der Waals surface area contributed by atoms with Gasteiger partial charge < -0.3 is 14.8 Å². The van der Waals surface area contributed by atoms with E-state index in [0.717, 1.165) is 11.1 Å². The maximum absolute atomic E-state index is 11.9. The lowest BCUT2D eigenvalue weighted by atomic mass is 10.1. The van der Waals surface area contributed by atoms with Gasteiger partial charge in [0.15, 0.2) is 6.61 Å². The van der Waals surface area contributed by atoms with E-state index in [9.17, 15) is 9.59 Å². The first-order chi connectivity index (χ1) is 11.5. The van der Waals surface area contributed by atoms with Gasteiger partial charge in [-0.15, -0.1) is 0 Å². The second-order valence-electron chi connectivity index (χ2n) is 5.16. The maximum atomic E-state index is 11.9. The van der Waals surface area contributed by atoms with Gasteiger partial charge in [0, 0.05) is 5.02 Å². The third-order valence-corrected chi connectivity index (χ3v) is 3.63. The molecule has 126 valence electrons. The number of ether oxygens (including phenoxy) is 2. The van der Waals surface area contributed by atoms with Crippen LogP contribution < -0.4 is 10.1 Å². The van der Waals surface area contributed by atoms with Crippen molar-refractivity contribution in [2.75, 3.05) is 19.0 Å². The van der Waals surface area contributed by atoms with Crippen molar-refractivity contribution in [3.8, 4) is 5.75 Å². The smallest absolute Gasteiger partial charge is 0.310 e. The van der Waals surface area contributed by atoms with Gasteiger partial charge in [-0.1, -0.05) is 35.9 Å². The van der Waals surface area contributed by atoms with Crippen LogP contribution in [-0.2, 0) is 20.7 Å². The summed E-state index contributed by atoms with van der Waals surface area (Å²) < 4.78 is 10.2. The van der Waals surface area contributed by atoms with Crippen molar-refractivity contribution < 1.29 is 19.1 Å². The van der Waals surface area contributed by atoms with Crippen LogP contribution >= 0.6 is 11.6 Å². The summed E-state index contributed by atoms with van der Waals surface area (Å²) in [6.07, 6.45) is 0.125. The third-order valence-electron chi connectivity index (χ3n) is 3.40. The molecule has 2 aromatic rings. The number of carbonyl (C=O) groups is 2. The van der Waals surface area contributed by atoms with Crippen molar-refractivity contribution in [2.24, 2.45) is 0 Å². The van der Waals surface area contributed by atoms with E-state index in [0.29, 0.717) is 16.5 Å². The van der Waals surface area contributed by atoms with Crippen molar-refractivity contribution in [1.29, 1.82) is 0 Å². The molecule has 2 aromatic carbocycles. The zero-order valence-corrected chi connectivity index (χ0v) is 14.2. The van der Waals surface area contributed by atoms with Crippen LogP contribution in [0, 0.1) is 6.92 Å². The van der Waals surface area contributed by atoms with E-state index in [1.807, 2.05) is 31.2 Å². The molecule has 5 nitrogen and oxygen atoms in total. The highest BCUT2D eigenvalue weighted by Gasteiger charge is 2.12. The van der Waals surface area contributed by atoms with E-state index in [1.54, 1.807) is 18.2 Å². The predicted molar refractivity (Wildman–Crippen MR) is 92.5 cm³/mol. The number of esters is 1. The molecule has 2 rings (SSSR count). The lowest BCUT2D eigenvalue weighted by molar-refractivity contribution is -0.146. The zero-order chi connectivity index (χ0) is 17.5. The van der Waals surface area contributed by atoms with Gasteiger partial charge >= 0.3 is 5.97 Å². The molecule has 1 amide bonds. The van der Waals surface area contributed by atoms with Crippen LogP contribution in [0.2, 0.25) is 5.02 Å². The monoisotopic (exact) mass is 347 g/mol. The summed E-state index contributed by atoms with van der Waals surface area (Å²) in [5.74, 6) is -0.454. The van der Waals surface area contributed by atoms with E-state index in [1.165, 1.54) is 7.11 Å². The molecular weight excluding hydrogens is 330 g/mol. The summed E-state index contributed by atoms with van der Waals surface area (Å²) in [7, 11) is 1.49. The van der Waals surface area contributed by atoms with Crippen LogP contribution in [0.25, 0.3) is 0 Å². The Labute approximate surface area is 145 Å². The standard InChI is InChI=1S/C18H18ClNO4/c1-12-5-3-4-6-13(12)9-18(22)24-11-17(21)20-15-10-14(19)7-8-16(15)23-2/h3-8,10H,9,11H2,1-2H3,(H,20,21). The van der Waals surface area contributed by atoms with E-state index in [4.69, 9.17) is 21.1 Å². The van der Waals surface area contributed by atoms with Gasteiger partial charge in [-0.05, 0) is 36.2 Å². The fourth-order valence-electron chi connectivity index (χ4n) is 2.13. The molecule has 0 saturated heterocycles. The van der Waals surface area contributed by atoms with E-state index < -0.39 is 11.9 Å². The van der Waals surface area contributed by atoms with Crippen LogP contribution in [0.4, 0.5) is 5.69 Å². The highest BCUT2D eigenvalue weighted by Crippen LogP contribution is 2.27. The van der Waals surface area contributed by atoms with E-state index >= 15 is 0 Å². The first-order valence-electron chi connectivity index (χ1n) is 7.33. The number of amides is 1. The Kier molecular flexibility index (Phi) is 6.21. The Balaban J connectivity index is 1.88. The molecule has 6 heteroatoms. The molecule has 0 aliphatic heterocycles. The number of benzene rings is 2. The normalized spacial score (nSPS) is 10.1. The summed E-state index contributed by atoms with van der Waals surface area (Å²) >= 11 is 5.90. The topological polar surface area (TPSA) is 64.6 Å². The van der Waals surface area contributed by atoms with E-state index in [-0.39, 0.29) is 13.0 Å². The number of methoxy groups -OCH3 is 1. The minimum absolute atomic E-state index is 0.125. The molecule has 1 N–H and O–H groups in total. The summed E-state index contributed by atoms with van der Waals surface area (Å²) in [6.45, 7) is 1.54. The molecule has 0 aliphatic rings. The summed E-state index contributed by atoms with van der Waals surface area (Å²) in [5.41, 5.74) is 2.30. The number of rotatable bonds is 6. The molecule has 0 unspecified atom stereocenters. The second kappa shape index (κ2) is 8.36. The highest BCUT2D eigenvalue weighted by atomic mass is 35.5. The number of halogens is 1. The van der Waals surface area contributed by atoms with Crippen LogP contribution in [0.3, 0.4) is 0 Å². The average molecular weight is 348 g/mol. The number of hydrogen-bond donors (Lipinski definition) is 1. The van der Waals surface area contributed by atoms with Gasteiger partial charge in [0.05, 0.1) is 19.2 Å². The van der Waals surface area contributed by atoms with Crippen molar-refractivity contribution in [3.63, 3.8) is 0 Å². The van der Waals surface area contributed by atoms with Crippen LogP contribution in [0.5, 0.6) is 5.75 Å². The number of nitrogens with one attached hydrogen (secondary N) is 1. The quantitative estimate of drug-likeness (QED) is 0.813. The van der Waals surface area contributed by atoms with Crippen molar-refractivity contribution in [1.82, 2.24) is 0 Å². The Morgan fingerprint density at radius 2 is 1.92 bits per heavy atom. The summed E-state index contributed by atoms with van der Waals surface area (Å²) in [5, 5.41) is 3.07. The maximum Gasteiger partial charge on any atom is 0.310 e. The Hall–Kier alpha value is -2.53. The molecule has 24 heavy (non-hydrogen) atoms. The minimum Gasteiger partial charge on any atom is -0.495 e. The van der Waals surface area contributed by atoms with Gasteiger partial charge in [-0.2, -0.15) is 0 Å². The Morgan fingerprint density at radius 3 is 2.62 bits per heavy atom. The van der Waals surface area contributed by atoms with Gasteiger partial charge in [-0.25, -0.2) is 0 Å². The number of carbonyl (C=O) groups excluding carboxylic acids is 2. The molecule has 0 heterocycles. The lowest BCUT2D eigenvalue weighted by Gasteiger charge is -2.11. The molecule has 0 spiro atoms. The van der Waals surface area contributed by atoms with Crippen molar-refractivity contribution >= 4 is 29.2 Å². The third kappa shape index (κ3) is 4.99. The van der Waals surface area contributed by atoms with Crippen molar-refractivity contribution in [3.05, 3.63) is 58.6 Å². The fourth-order valence-corrected chi connectivity index (χ4v) is 2.30. The molecule has 0 aliphatic carbocycles. The minimum atomic E-state index is -0.464. The SMILES string of the molecule is COc1ccc(Cl)cc1NC(=O)COC(=O)Cc1ccccc1C. The van der Waals surface area contributed by atoms with E-state index in [2.05, 4.69) is 5.32 Å². The molecule has 0 bridgehead atoms. The Morgan fingerprint density at radius 1 is 1.17 bits per heavy atom. The molecule has 0 aromatic heterocycles. The number of anilines is 1. The van der Waals surface area contributed by atoms with Crippen LogP contribution in [-0.4, -0.2) is 25.6 Å². The largest absolute Gasteiger partial charge is 0.495 e. The van der Waals surface area contributed by atoms with Crippen LogP contribution in [0.15, 0.2) is 42.5 Å². The molecular formula is C18H18ClNO4. The predicted octanol–water partition coefficient (Wildman–Crippen LogP) is 3.38. The second-order valence-corrected chi connectivity index (χ2v) is 5.59. The first kappa shape index (κ1) is 17.8. The number of aryl methyl sites for hydroxylation is 1. The lowest BCUT2D eigenvalue weighted by Crippen LogP contribution is -2.22. The average Bonchev–Trinajstić information content (AvgIpc) is 2.55. The van der Waals surface area contributed by atoms with Crippen LogP contribution in [0.1, 0.15) is 11.1 Å². The summed E-state index contributed by atoms with van der Waals surface area (Å²) in [4.78, 5) is 23.8. The molecule has 0 atom stereocenters. The Bertz CT molecular complexity index is 746. The molecule has 0 saturated carbocycles. The van der Waals surface area contributed by atoms with Crippen molar-refractivity contribution in [2.45, 2.75) is 13.3 Å². The van der Waals surface area contributed by atoms with Gasteiger partial charge in [0.1, 0.15) is 5.75 Å². The highest BCUT2D eigenvalue weighted by molar-refractivity contribution is 6.31. The summed E-state index contributed by atoms with van der Waals surface area (Å²) in [6, 6.07) is 12.4. The fraction of sp³-hybridized carbons (Fsp3) is 0.222. The van der Waals surface area contributed by atoms with Gasteiger partial charge in [0.25, 0.3) is 5.91 Å². The number of hydrogen-bond acceptors (Lipinski definition) is 4. The van der Waals surface area contributed by atoms with Gasteiger partial charge in [-0.3, -0.25) is 9.59 Å². The van der Waals surface area contributed by atoms with Gasteiger partial charge in [0.2, 0.25) is 0 Å². The molecule has 0 fully saturated rings. The molecule has 0 radical (unpaired) electrons. The first-order valence-corrected chi connectivity index (χ1v) is 7.71. The zero-order valence-electron chi connectivity index (χ0n) is 13.5.